The summed E-state index contributed by atoms with van der Waals surface area (Å²) in [5.41, 5.74) is 9.06. The molecule has 1 atom stereocenters. The number of nitrogens with two attached hydrogens (primary N) is 1. The molecule has 4 rings (SSSR count). The molecule has 0 bridgehead atoms. The van der Waals surface area contributed by atoms with E-state index in [2.05, 4.69) is 14.7 Å². The van der Waals surface area contributed by atoms with Crippen LogP contribution in [0.5, 0.6) is 5.75 Å². The highest BCUT2D eigenvalue weighted by atomic mass is 35.5. The predicted molar refractivity (Wildman–Crippen MR) is 111 cm³/mol. The maximum atomic E-state index is 12.6. The highest BCUT2D eigenvalue weighted by molar-refractivity contribution is 6.30. The Morgan fingerprint density at radius 3 is 2.63 bits per heavy atom. The van der Waals surface area contributed by atoms with Crippen LogP contribution in [0.4, 0.5) is 8.78 Å². The second-order valence-corrected chi connectivity index (χ2v) is 7.36. The van der Waals surface area contributed by atoms with Crippen molar-refractivity contribution in [3.8, 4) is 16.9 Å². The summed E-state index contributed by atoms with van der Waals surface area (Å²) < 4.78 is 35.2. The number of amidine groups is 1. The van der Waals surface area contributed by atoms with Gasteiger partial charge in [0.1, 0.15) is 12.4 Å². The number of benzene rings is 2. The summed E-state index contributed by atoms with van der Waals surface area (Å²) in [6.45, 7) is -0.897. The van der Waals surface area contributed by atoms with Crippen LogP contribution in [0.15, 0.2) is 65.9 Å². The molecule has 1 aromatic heterocycles. The van der Waals surface area contributed by atoms with E-state index in [4.69, 9.17) is 22.1 Å². The van der Waals surface area contributed by atoms with Gasteiger partial charge < -0.3 is 15.2 Å². The molecule has 3 aromatic rings. The fourth-order valence-electron chi connectivity index (χ4n) is 3.67. The lowest BCUT2D eigenvalue weighted by Gasteiger charge is -2.27. The third kappa shape index (κ3) is 3.80. The molecule has 0 saturated carbocycles. The van der Waals surface area contributed by atoms with Crippen molar-refractivity contribution in [2.75, 3.05) is 6.61 Å². The molecule has 1 aliphatic rings. The van der Waals surface area contributed by atoms with Gasteiger partial charge in [-0.1, -0.05) is 35.9 Å². The molecule has 8 heteroatoms. The van der Waals surface area contributed by atoms with E-state index < -0.39 is 12.2 Å². The van der Waals surface area contributed by atoms with Gasteiger partial charge in [0.25, 0.3) is 6.02 Å². The average Bonchev–Trinajstić information content (AvgIpc) is 3.10. The van der Waals surface area contributed by atoms with Crippen molar-refractivity contribution >= 4 is 17.6 Å². The smallest absolute Gasteiger partial charge is 0.387 e. The number of aromatic nitrogens is 1. The molecule has 1 aliphatic heterocycles. The van der Waals surface area contributed by atoms with Gasteiger partial charge >= 0.3 is 6.61 Å². The van der Waals surface area contributed by atoms with Crippen molar-refractivity contribution in [3.05, 3.63) is 82.6 Å². The molecular formula is C22H18ClF2N3O2. The molecule has 2 N–H and O–H groups in total. The summed E-state index contributed by atoms with van der Waals surface area (Å²) in [7, 11) is 0. The lowest BCUT2D eigenvalue weighted by atomic mass is 9.81. The first kappa shape index (κ1) is 20.1. The van der Waals surface area contributed by atoms with E-state index in [-0.39, 0.29) is 18.4 Å². The van der Waals surface area contributed by atoms with Gasteiger partial charge in [-0.05, 0) is 53.4 Å². The summed E-state index contributed by atoms with van der Waals surface area (Å²) in [5, 5.41) is 0.532. The average molecular weight is 430 g/mol. The molecule has 0 amide bonds. The van der Waals surface area contributed by atoms with Crippen molar-refractivity contribution in [1.82, 2.24) is 4.98 Å². The van der Waals surface area contributed by atoms with Crippen molar-refractivity contribution in [1.29, 1.82) is 0 Å². The van der Waals surface area contributed by atoms with Gasteiger partial charge in [0, 0.05) is 18.0 Å². The Bertz CT molecular complexity index is 1120. The van der Waals surface area contributed by atoms with Crippen molar-refractivity contribution in [2.24, 2.45) is 10.7 Å². The van der Waals surface area contributed by atoms with Crippen LogP contribution in [0, 0.1) is 6.92 Å². The number of aryl methyl sites for hydroxylation is 1. The second-order valence-electron chi connectivity index (χ2n) is 6.93. The number of halogens is 3. The fourth-order valence-corrected chi connectivity index (χ4v) is 3.85. The zero-order valence-electron chi connectivity index (χ0n) is 16.0. The van der Waals surface area contributed by atoms with Crippen LogP contribution >= 0.6 is 11.6 Å². The van der Waals surface area contributed by atoms with Gasteiger partial charge in [0.05, 0.1) is 5.02 Å². The summed E-state index contributed by atoms with van der Waals surface area (Å²) in [4.78, 5) is 8.75. The quantitative estimate of drug-likeness (QED) is 0.626. The zero-order valence-corrected chi connectivity index (χ0v) is 16.7. The second kappa shape index (κ2) is 7.91. The number of alkyl halides is 2. The molecule has 0 aliphatic carbocycles. The van der Waals surface area contributed by atoms with Gasteiger partial charge in [-0.2, -0.15) is 8.78 Å². The maximum Gasteiger partial charge on any atom is 0.387 e. The van der Waals surface area contributed by atoms with E-state index in [0.29, 0.717) is 5.02 Å². The summed E-state index contributed by atoms with van der Waals surface area (Å²) in [6, 6.07) is 14.4. The first-order chi connectivity index (χ1) is 14.4. The van der Waals surface area contributed by atoms with Crippen LogP contribution in [0.3, 0.4) is 0 Å². The van der Waals surface area contributed by atoms with E-state index in [1.807, 2.05) is 37.3 Å². The number of ether oxygens (including phenoxy) is 2. The zero-order chi connectivity index (χ0) is 21.3. The van der Waals surface area contributed by atoms with Crippen LogP contribution in [-0.2, 0) is 10.3 Å². The first-order valence-corrected chi connectivity index (χ1v) is 9.51. The number of hydrogen-bond acceptors (Lipinski definition) is 5. The minimum Gasteiger partial charge on any atom is -0.462 e. The highest BCUT2D eigenvalue weighted by Gasteiger charge is 2.41. The Hall–Kier alpha value is -3.19. The van der Waals surface area contributed by atoms with Gasteiger partial charge in [0.2, 0.25) is 0 Å². The molecule has 0 saturated heterocycles. The molecule has 30 heavy (non-hydrogen) atoms. The number of rotatable bonds is 5. The van der Waals surface area contributed by atoms with Crippen LogP contribution < -0.4 is 10.5 Å². The van der Waals surface area contributed by atoms with Gasteiger partial charge in [-0.15, -0.1) is 0 Å². The Labute approximate surface area is 177 Å². The number of nitrogens with zero attached hydrogens (tertiary/aromatic N) is 2. The molecule has 2 aromatic carbocycles. The van der Waals surface area contributed by atoms with Crippen molar-refractivity contribution in [3.63, 3.8) is 0 Å². The molecule has 0 radical (unpaired) electrons. The molecule has 2 heterocycles. The minimum absolute atomic E-state index is 0.0668. The van der Waals surface area contributed by atoms with Gasteiger partial charge in [-0.25, -0.2) is 4.99 Å². The van der Waals surface area contributed by atoms with E-state index in [0.717, 1.165) is 27.8 Å². The lowest BCUT2D eigenvalue weighted by molar-refractivity contribution is -0.0498. The van der Waals surface area contributed by atoms with E-state index >= 15 is 0 Å². The van der Waals surface area contributed by atoms with Crippen LogP contribution in [0.1, 0.15) is 16.7 Å². The topological polar surface area (TPSA) is 69.7 Å². The fraction of sp³-hybridized carbons (Fsp3) is 0.182. The van der Waals surface area contributed by atoms with Gasteiger partial charge in [-0.3, -0.25) is 4.98 Å². The third-order valence-electron chi connectivity index (χ3n) is 4.98. The summed E-state index contributed by atoms with van der Waals surface area (Å²) in [5.74, 6) is 0.0796. The van der Waals surface area contributed by atoms with Crippen LogP contribution in [-0.4, -0.2) is 24.2 Å². The standard InChI is InChI=1S/C22H18ClF2N3O2/c1-13-7-18(30-20(24)25)5-6-19(13)22(12-29-21(26)28-22)16-4-2-3-14(8-16)15-9-17(23)11-27-10-15/h2-11,20H,12H2,1H3,(H2,26,28). The number of hydrogen-bond donors (Lipinski definition) is 1. The van der Waals surface area contributed by atoms with E-state index in [1.54, 1.807) is 24.5 Å². The molecular weight excluding hydrogens is 412 g/mol. The summed E-state index contributed by atoms with van der Waals surface area (Å²) in [6.07, 6.45) is 3.29. The molecule has 5 nitrogen and oxygen atoms in total. The Morgan fingerprint density at radius 1 is 1.13 bits per heavy atom. The van der Waals surface area contributed by atoms with Crippen LogP contribution in [0.25, 0.3) is 11.1 Å². The highest BCUT2D eigenvalue weighted by Crippen LogP contribution is 2.41. The Morgan fingerprint density at radius 2 is 1.97 bits per heavy atom. The SMILES string of the molecule is Cc1cc(OC(F)F)ccc1C1(c2cccc(-c3cncc(Cl)c3)c2)COC(N)=N1. The Balaban J connectivity index is 1.82. The predicted octanol–water partition coefficient (Wildman–Crippen LogP) is 4.90. The number of pyridine rings is 1. The Kier molecular flexibility index (Phi) is 5.30. The van der Waals surface area contributed by atoms with Crippen molar-refractivity contribution in [2.45, 2.75) is 19.1 Å². The third-order valence-corrected chi connectivity index (χ3v) is 5.18. The minimum atomic E-state index is -2.89. The normalized spacial score (nSPS) is 18.2. The first-order valence-electron chi connectivity index (χ1n) is 9.13. The van der Waals surface area contributed by atoms with Gasteiger partial charge in [0.15, 0.2) is 5.54 Å². The van der Waals surface area contributed by atoms with E-state index in [1.165, 1.54) is 6.07 Å². The monoisotopic (exact) mass is 429 g/mol. The molecule has 1 unspecified atom stereocenters. The largest absolute Gasteiger partial charge is 0.462 e. The van der Waals surface area contributed by atoms with Crippen LogP contribution in [0.2, 0.25) is 5.02 Å². The van der Waals surface area contributed by atoms with E-state index in [9.17, 15) is 8.78 Å². The lowest BCUT2D eigenvalue weighted by Crippen LogP contribution is -2.28. The maximum absolute atomic E-state index is 12.6. The van der Waals surface area contributed by atoms with Crippen molar-refractivity contribution < 1.29 is 18.3 Å². The molecule has 154 valence electrons. The molecule has 0 fully saturated rings. The molecule has 0 spiro atoms. The summed E-state index contributed by atoms with van der Waals surface area (Å²) >= 11 is 6.09. The number of aliphatic imine (C=N–C) groups is 1.